The average molecular weight is 195 g/mol. The summed E-state index contributed by atoms with van der Waals surface area (Å²) in [5.41, 5.74) is 0.624. The summed E-state index contributed by atoms with van der Waals surface area (Å²) < 4.78 is 0. The highest BCUT2D eigenvalue weighted by Gasteiger charge is 2.18. The smallest absolute Gasteiger partial charge is 0.257 e. The van der Waals surface area contributed by atoms with E-state index in [9.17, 15) is 4.79 Å². The van der Waals surface area contributed by atoms with Gasteiger partial charge in [-0.2, -0.15) is 5.10 Å². The molecule has 1 amide bonds. The van der Waals surface area contributed by atoms with E-state index < -0.39 is 0 Å². The summed E-state index contributed by atoms with van der Waals surface area (Å²) in [4.78, 5) is 13.6. The third kappa shape index (κ3) is 2.13. The molecule has 4 nitrogen and oxygen atoms in total. The molecule has 1 N–H and O–H groups in total. The summed E-state index contributed by atoms with van der Waals surface area (Å²) in [7, 11) is 1.84. The topological polar surface area (TPSA) is 49.0 Å². The van der Waals surface area contributed by atoms with Gasteiger partial charge in [-0.25, -0.2) is 0 Å². The fourth-order valence-corrected chi connectivity index (χ4v) is 1.57. The highest BCUT2D eigenvalue weighted by molar-refractivity contribution is 5.93. The number of nitrogens with one attached hydrogen (secondary N) is 1. The molecule has 0 unspecified atom stereocenters. The normalized spacial score (nSPS) is 10.6. The van der Waals surface area contributed by atoms with Gasteiger partial charge in [0.15, 0.2) is 0 Å². The average Bonchev–Trinajstić information content (AvgIpc) is 2.71. The number of rotatable bonds is 4. The second-order valence-electron chi connectivity index (χ2n) is 3.37. The van der Waals surface area contributed by atoms with Crippen molar-refractivity contribution >= 4 is 5.91 Å². The maximum atomic E-state index is 11.8. The zero-order valence-corrected chi connectivity index (χ0v) is 8.95. The third-order valence-electron chi connectivity index (χ3n) is 2.56. The van der Waals surface area contributed by atoms with Crippen LogP contribution in [0, 0.1) is 0 Å². The minimum absolute atomic E-state index is 0.0347. The van der Waals surface area contributed by atoms with Crippen LogP contribution in [-0.2, 0) is 0 Å². The summed E-state index contributed by atoms with van der Waals surface area (Å²) in [6.45, 7) is 4.18. The van der Waals surface area contributed by atoms with Gasteiger partial charge in [-0.3, -0.25) is 9.89 Å². The van der Waals surface area contributed by atoms with E-state index in [1.54, 1.807) is 17.3 Å². The molecule has 78 valence electrons. The Bertz CT molecular complexity index is 278. The molecule has 1 aromatic heterocycles. The van der Waals surface area contributed by atoms with Gasteiger partial charge >= 0.3 is 0 Å². The largest absolute Gasteiger partial charge is 0.339 e. The van der Waals surface area contributed by atoms with Gasteiger partial charge in [0.2, 0.25) is 0 Å². The Balaban J connectivity index is 2.69. The van der Waals surface area contributed by atoms with E-state index in [1.165, 1.54) is 0 Å². The van der Waals surface area contributed by atoms with Crippen molar-refractivity contribution in [1.82, 2.24) is 15.1 Å². The van der Waals surface area contributed by atoms with Crippen molar-refractivity contribution in [1.29, 1.82) is 0 Å². The van der Waals surface area contributed by atoms with Crippen molar-refractivity contribution in [2.24, 2.45) is 0 Å². The predicted octanol–water partition coefficient (Wildman–Crippen LogP) is 1.67. The van der Waals surface area contributed by atoms with Crippen molar-refractivity contribution in [3.8, 4) is 0 Å². The van der Waals surface area contributed by atoms with E-state index in [0.717, 1.165) is 12.8 Å². The molecule has 0 fully saturated rings. The van der Waals surface area contributed by atoms with Crippen LogP contribution in [-0.4, -0.2) is 34.1 Å². The highest BCUT2D eigenvalue weighted by Crippen LogP contribution is 2.10. The zero-order chi connectivity index (χ0) is 10.6. The molecule has 0 aliphatic heterocycles. The molecule has 1 rings (SSSR count). The SMILES string of the molecule is CCC(CC)N(C)C(=O)c1cn[nH]c1. The number of aromatic nitrogens is 2. The molecule has 14 heavy (non-hydrogen) atoms. The van der Waals surface area contributed by atoms with Crippen molar-refractivity contribution in [3.63, 3.8) is 0 Å². The Kier molecular flexibility index (Phi) is 3.68. The minimum Gasteiger partial charge on any atom is -0.339 e. The number of hydrogen-bond donors (Lipinski definition) is 1. The van der Waals surface area contributed by atoms with E-state index in [0.29, 0.717) is 11.6 Å². The summed E-state index contributed by atoms with van der Waals surface area (Å²) in [6, 6.07) is 0.317. The Morgan fingerprint density at radius 2 is 2.21 bits per heavy atom. The Morgan fingerprint density at radius 3 is 2.64 bits per heavy atom. The lowest BCUT2D eigenvalue weighted by atomic mass is 10.1. The van der Waals surface area contributed by atoms with Crippen LogP contribution in [0.25, 0.3) is 0 Å². The van der Waals surface area contributed by atoms with Crippen molar-refractivity contribution < 1.29 is 4.79 Å². The zero-order valence-electron chi connectivity index (χ0n) is 8.95. The highest BCUT2D eigenvalue weighted by atomic mass is 16.2. The minimum atomic E-state index is 0.0347. The van der Waals surface area contributed by atoms with Crippen LogP contribution in [0.2, 0.25) is 0 Å². The van der Waals surface area contributed by atoms with Crippen LogP contribution in [0.4, 0.5) is 0 Å². The van der Waals surface area contributed by atoms with Crippen molar-refractivity contribution in [3.05, 3.63) is 18.0 Å². The molecule has 0 spiro atoms. The van der Waals surface area contributed by atoms with Crippen molar-refractivity contribution in [2.75, 3.05) is 7.05 Å². The van der Waals surface area contributed by atoms with Gasteiger partial charge in [-0.05, 0) is 12.8 Å². The van der Waals surface area contributed by atoms with Crippen LogP contribution in [0.15, 0.2) is 12.4 Å². The fourth-order valence-electron chi connectivity index (χ4n) is 1.57. The Labute approximate surface area is 84.3 Å². The molecule has 0 aliphatic rings. The van der Waals surface area contributed by atoms with Crippen LogP contribution in [0.3, 0.4) is 0 Å². The third-order valence-corrected chi connectivity index (χ3v) is 2.56. The second-order valence-corrected chi connectivity index (χ2v) is 3.37. The maximum Gasteiger partial charge on any atom is 0.257 e. The lowest BCUT2D eigenvalue weighted by Crippen LogP contribution is -2.36. The van der Waals surface area contributed by atoms with Crippen LogP contribution < -0.4 is 0 Å². The van der Waals surface area contributed by atoms with Crippen LogP contribution in [0.1, 0.15) is 37.0 Å². The molecule has 0 atom stereocenters. The molecule has 0 bridgehead atoms. The number of nitrogens with zero attached hydrogens (tertiary/aromatic N) is 2. The first kappa shape index (κ1) is 10.8. The van der Waals surface area contributed by atoms with E-state index in [2.05, 4.69) is 24.0 Å². The summed E-state index contributed by atoms with van der Waals surface area (Å²) in [5, 5.41) is 6.41. The number of carbonyl (C=O) groups is 1. The standard InChI is InChI=1S/C10H17N3O/c1-4-9(5-2)13(3)10(14)8-6-11-12-7-8/h6-7,9H,4-5H2,1-3H3,(H,11,12). The number of carbonyl (C=O) groups excluding carboxylic acids is 1. The predicted molar refractivity (Wildman–Crippen MR) is 55.1 cm³/mol. The quantitative estimate of drug-likeness (QED) is 0.794. The lowest BCUT2D eigenvalue weighted by molar-refractivity contribution is 0.0724. The van der Waals surface area contributed by atoms with Gasteiger partial charge in [0.05, 0.1) is 11.8 Å². The molecular weight excluding hydrogens is 178 g/mol. The summed E-state index contributed by atoms with van der Waals surface area (Å²) in [6.07, 6.45) is 5.15. The van der Waals surface area contributed by atoms with E-state index >= 15 is 0 Å². The number of aromatic amines is 1. The van der Waals surface area contributed by atoms with Gasteiger partial charge in [0, 0.05) is 19.3 Å². The van der Waals surface area contributed by atoms with E-state index in [-0.39, 0.29) is 5.91 Å². The van der Waals surface area contributed by atoms with Gasteiger partial charge in [-0.15, -0.1) is 0 Å². The molecule has 1 heterocycles. The summed E-state index contributed by atoms with van der Waals surface area (Å²) in [5.74, 6) is 0.0347. The summed E-state index contributed by atoms with van der Waals surface area (Å²) >= 11 is 0. The molecule has 1 aromatic rings. The number of H-pyrrole nitrogens is 1. The van der Waals surface area contributed by atoms with Gasteiger partial charge in [0.1, 0.15) is 0 Å². The monoisotopic (exact) mass is 195 g/mol. The molecule has 0 saturated heterocycles. The molecule has 4 heteroatoms. The van der Waals surface area contributed by atoms with Crippen LogP contribution in [0.5, 0.6) is 0 Å². The van der Waals surface area contributed by atoms with E-state index in [4.69, 9.17) is 0 Å². The first-order valence-corrected chi connectivity index (χ1v) is 4.96. The fraction of sp³-hybridized carbons (Fsp3) is 0.600. The first-order chi connectivity index (χ1) is 6.70. The molecule has 0 saturated carbocycles. The van der Waals surface area contributed by atoms with Gasteiger partial charge in [-0.1, -0.05) is 13.8 Å². The van der Waals surface area contributed by atoms with Gasteiger partial charge < -0.3 is 4.90 Å². The molecular formula is C10H17N3O. The van der Waals surface area contributed by atoms with E-state index in [1.807, 2.05) is 7.05 Å². The first-order valence-electron chi connectivity index (χ1n) is 4.96. The molecule has 0 radical (unpaired) electrons. The molecule has 0 aromatic carbocycles. The van der Waals surface area contributed by atoms with Crippen molar-refractivity contribution in [2.45, 2.75) is 32.7 Å². The second kappa shape index (κ2) is 4.79. The maximum absolute atomic E-state index is 11.8. The Hall–Kier alpha value is -1.32. The Morgan fingerprint density at radius 1 is 1.57 bits per heavy atom. The number of hydrogen-bond acceptors (Lipinski definition) is 2. The molecule has 0 aliphatic carbocycles. The van der Waals surface area contributed by atoms with Crippen LogP contribution >= 0.6 is 0 Å². The van der Waals surface area contributed by atoms with Gasteiger partial charge in [0.25, 0.3) is 5.91 Å². The number of amides is 1. The lowest BCUT2D eigenvalue weighted by Gasteiger charge is -2.25.